The molecule has 0 radical (unpaired) electrons. The van der Waals surface area contributed by atoms with Gasteiger partial charge in [0.1, 0.15) is 29.5 Å². The molecule has 0 aromatic rings. The molecule has 1 unspecified atom stereocenters. The molecule has 182 valence electrons. The van der Waals surface area contributed by atoms with E-state index in [0.29, 0.717) is 12.2 Å². The van der Waals surface area contributed by atoms with Gasteiger partial charge in [-0.25, -0.2) is 4.79 Å². The largest absolute Gasteiger partial charge is 0.462 e. The Balaban J connectivity index is -0.000000460. The molecule has 0 aliphatic heterocycles. The van der Waals surface area contributed by atoms with Gasteiger partial charge in [0.25, 0.3) is 0 Å². The van der Waals surface area contributed by atoms with Crippen molar-refractivity contribution in [3.05, 3.63) is 49.0 Å². The second-order valence-electron chi connectivity index (χ2n) is 8.82. The monoisotopic (exact) mass is 552 g/mol. The zero-order chi connectivity index (χ0) is 25.3. The Morgan fingerprint density at radius 1 is 0.903 bits per heavy atom. The van der Waals surface area contributed by atoms with E-state index in [0.717, 1.165) is 43.2 Å². The van der Waals surface area contributed by atoms with Gasteiger partial charge in [-0.3, -0.25) is 0 Å². The summed E-state index contributed by atoms with van der Waals surface area (Å²) in [6.45, 7) is 29.7. The fourth-order valence-electron chi connectivity index (χ4n) is 1.45. The van der Waals surface area contributed by atoms with Gasteiger partial charge in [-0.05, 0) is 58.7 Å². The van der Waals surface area contributed by atoms with Gasteiger partial charge in [-0.2, -0.15) is 0 Å². The third-order valence-corrected chi connectivity index (χ3v) is 24.8. The van der Waals surface area contributed by atoms with Gasteiger partial charge in [0, 0.05) is 15.3 Å². The Hall–Kier alpha value is -0.172. The van der Waals surface area contributed by atoms with Crippen LogP contribution in [0.15, 0.2) is 49.0 Å². The molecule has 0 aromatic heterocycles. The zero-order valence-electron chi connectivity index (χ0n) is 21.8. The molecule has 0 spiro atoms. The molecule has 0 aliphatic rings. The van der Waals surface area contributed by atoms with Crippen molar-refractivity contribution >= 4 is 70.2 Å². The fraction of sp³-hybridized carbons (Fsp3) is 0.526. The summed E-state index contributed by atoms with van der Waals surface area (Å²) in [4.78, 5) is 11.1. The van der Waals surface area contributed by atoms with E-state index in [1.165, 1.54) is 0 Å². The highest BCUT2D eigenvalue weighted by molar-refractivity contribution is 7.03. The minimum absolute atomic E-state index is 0.293. The highest BCUT2D eigenvalue weighted by Crippen LogP contribution is 2.09. The predicted octanol–water partition coefficient (Wildman–Crippen LogP) is 1.46. The molecule has 0 fully saturated rings. The summed E-state index contributed by atoms with van der Waals surface area (Å²) in [7, 11) is -2.44. The summed E-state index contributed by atoms with van der Waals surface area (Å²) in [5.74, 6) is -0.293. The Labute approximate surface area is 205 Å². The normalized spacial score (nSPS) is 12.5. The molecule has 0 heterocycles. The lowest BCUT2D eigenvalue weighted by Crippen LogP contribution is -2.36. The van der Waals surface area contributed by atoms with Crippen molar-refractivity contribution in [1.29, 1.82) is 0 Å². The van der Waals surface area contributed by atoms with E-state index in [1.54, 1.807) is 6.92 Å². The molecule has 12 heteroatoms. The van der Waals surface area contributed by atoms with Crippen molar-refractivity contribution in [3.63, 3.8) is 0 Å². The SMILES string of the molecule is C=C[Si](C)(C)O[SiH3].C=C[Si](C)(C)O[SiH3].C=C[Si](C)(C)O[SiH]([SiH3])CCCOC(=O)C(=C)C. The van der Waals surface area contributed by atoms with E-state index >= 15 is 0 Å². The molecule has 0 saturated heterocycles. The Morgan fingerprint density at radius 3 is 1.55 bits per heavy atom. The molecular formula is C19H48O5Si7. The van der Waals surface area contributed by atoms with E-state index in [9.17, 15) is 4.79 Å². The first-order chi connectivity index (χ1) is 14.0. The van der Waals surface area contributed by atoms with Crippen LogP contribution in [0.3, 0.4) is 0 Å². The number of rotatable bonds is 12. The number of carbonyl (C=O) groups excluding carboxylic acids is 1. The van der Waals surface area contributed by atoms with Crippen molar-refractivity contribution < 1.29 is 21.9 Å². The van der Waals surface area contributed by atoms with Crippen molar-refractivity contribution in [1.82, 2.24) is 0 Å². The fourth-order valence-corrected chi connectivity index (χ4v) is 15.2. The Morgan fingerprint density at radius 2 is 1.29 bits per heavy atom. The van der Waals surface area contributed by atoms with Gasteiger partial charge in [-0.1, -0.05) is 23.7 Å². The average Bonchev–Trinajstić information content (AvgIpc) is 2.71. The van der Waals surface area contributed by atoms with E-state index in [4.69, 9.17) is 17.1 Å². The maximum atomic E-state index is 11.1. The van der Waals surface area contributed by atoms with E-state index in [2.05, 4.69) is 65.6 Å². The van der Waals surface area contributed by atoms with Crippen LogP contribution in [0.4, 0.5) is 0 Å². The minimum Gasteiger partial charge on any atom is -0.462 e. The van der Waals surface area contributed by atoms with Gasteiger partial charge >= 0.3 is 5.97 Å². The molecule has 31 heavy (non-hydrogen) atoms. The number of esters is 1. The maximum Gasteiger partial charge on any atom is 0.333 e. The topological polar surface area (TPSA) is 54.0 Å². The van der Waals surface area contributed by atoms with Gasteiger partial charge in [0.2, 0.25) is 0 Å². The average molecular weight is 553 g/mol. The van der Waals surface area contributed by atoms with Gasteiger partial charge in [0.15, 0.2) is 25.0 Å². The molecule has 0 aliphatic carbocycles. The molecule has 0 rings (SSSR count). The van der Waals surface area contributed by atoms with Crippen LogP contribution in [-0.4, -0.2) is 76.8 Å². The smallest absolute Gasteiger partial charge is 0.333 e. The van der Waals surface area contributed by atoms with Crippen molar-refractivity contribution in [2.75, 3.05) is 6.61 Å². The second kappa shape index (κ2) is 18.3. The second-order valence-corrected chi connectivity index (χ2v) is 29.9. The summed E-state index contributed by atoms with van der Waals surface area (Å²) in [5.41, 5.74) is 6.33. The first-order valence-corrected chi connectivity index (χ1v) is 27.0. The van der Waals surface area contributed by atoms with Crippen LogP contribution >= 0.6 is 0 Å². The molecule has 0 N–H and O–H groups in total. The van der Waals surface area contributed by atoms with Crippen LogP contribution in [0.2, 0.25) is 45.3 Å². The van der Waals surface area contributed by atoms with E-state index in [1.807, 2.05) is 17.1 Å². The van der Waals surface area contributed by atoms with E-state index in [-0.39, 0.29) is 5.97 Å². The van der Waals surface area contributed by atoms with Crippen LogP contribution < -0.4 is 0 Å². The van der Waals surface area contributed by atoms with Crippen LogP contribution in [0.5, 0.6) is 0 Å². The molecule has 0 aromatic carbocycles. The van der Waals surface area contributed by atoms with Gasteiger partial charge < -0.3 is 17.1 Å². The molecule has 1 atom stereocenters. The van der Waals surface area contributed by atoms with Crippen molar-refractivity contribution in [3.8, 4) is 0 Å². The third-order valence-electron chi connectivity index (χ3n) is 4.37. The summed E-state index contributed by atoms with van der Waals surface area (Å²) in [5, 5.41) is 0. The van der Waals surface area contributed by atoms with Crippen LogP contribution in [0.1, 0.15) is 13.3 Å². The first kappa shape index (κ1) is 35.4. The summed E-state index contributed by atoms with van der Waals surface area (Å²) in [6.07, 6.45) is 0.904. The third kappa shape index (κ3) is 24.3. The predicted molar refractivity (Wildman–Crippen MR) is 158 cm³/mol. The minimum atomic E-state index is -1.60. The van der Waals surface area contributed by atoms with Crippen molar-refractivity contribution in [2.24, 2.45) is 0 Å². The number of carbonyl (C=O) groups is 1. The van der Waals surface area contributed by atoms with Crippen LogP contribution in [-0.2, 0) is 21.9 Å². The molecule has 0 saturated carbocycles. The highest BCUT2D eigenvalue weighted by atomic mass is 29.2. The molecule has 0 bridgehead atoms. The van der Waals surface area contributed by atoms with Gasteiger partial charge in [-0.15, -0.1) is 19.7 Å². The molecule has 0 amide bonds. The maximum absolute atomic E-state index is 11.1. The Kier molecular flexibility index (Phi) is 20.9. The Bertz CT molecular complexity index is 546. The number of ether oxygens (including phenoxy) is 1. The highest BCUT2D eigenvalue weighted by Gasteiger charge is 2.20. The lowest BCUT2D eigenvalue weighted by molar-refractivity contribution is -0.138. The standard InChI is InChI=1S/C11H24O3Si3.2C4H12OSi2/c1-6-17(4,5)14-16(15)9-7-8-13-11(12)10(2)3;2*1-4-7(2,3)5-6/h6,16H,1-2,7-9H2,3-5,15H3;2*4H,1H2,2-3,6H3. The first-order valence-electron chi connectivity index (χ1n) is 10.5. The summed E-state index contributed by atoms with van der Waals surface area (Å²) in [6, 6.07) is 1.08. The van der Waals surface area contributed by atoms with Gasteiger partial charge in [0.05, 0.1) is 6.61 Å². The molecular weight excluding hydrogens is 505 g/mol. The van der Waals surface area contributed by atoms with E-state index < -0.39 is 33.5 Å². The summed E-state index contributed by atoms with van der Waals surface area (Å²) < 4.78 is 21.6. The number of hydrogen-bond donors (Lipinski definition) is 0. The van der Waals surface area contributed by atoms with Crippen molar-refractivity contribution in [2.45, 2.75) is 58.7 Å². The lowest BCUT2D eigenvalue weighted by atomic mass is 10.4. The molecule has 5 nitrogen and oxygen atoms in total. The van der Waals surface area contributed by atoms with Crippen LogP contribution in [0, 0.1) is 0 Å². The summed E-state index contributed by atoms with van der Waals surface area (Å²) >= 11 is 0. The van der Waals surface area contributed by atoms with Crippen LogP contribution in [0.25, 0.3) is 0 Å². The quantitative estimate of drug-likeness (QED) is 0.159. The zero-order valence-corrected chi connectivity index (χ0v) is 32.0. The number of hydrogen-bond acceptors (Lipinski definition) is 5. The lowest BCUT2D eigenvalue weighted by Gasteiger charge is -2.23.